The number of rotatable bonds is 5. The molecule has 2 aromatic heterocycles. The molecule has 2 heterocycles. The van der Waals surface area contributed by atoms with Crippen LogP contribution in [0.5, 0.6) is 0 Å². The van der Waals surface area contributed by atoms with Gasteiger partial charge in [-0.2, -0.15) is 0 Å². The molecule has 0 aliphatic heterocycles. The van der Waals surface area contributed by atoms with E-state index in [1.165, 1.54) is 91.6 Å². The van der Waals surface area contributed by atoms with E-state index in [1.54, 1.807) is 0 Å². The molecule has 0 spiro atoms. The molecule has 9 aromatic carbocycles. The second kappa shape index (κ2) is 12.9. The summed E-state index contributed by atoms with van der Waals surface area (Å²) in [5, 5.41) is 8.68. The van der Waals surface area contributed by atoms with Gasteiger partial charge in [0.25, 0.3) is 0 Å². The highest BCUT2D eigenvalue weighted by Gasteiger charge is 2.19. The molecule has 0 fully saturated rings. The van der Waals surface area contributed by atoms with Crippen LogP contribution in [0.2, 0.25) is 0 Å². The van der Waals surface area contributed by atoms with Crippen LogP contribution < -0.4 is 0 Å². The maximum absolute atomic E-state index is 5.33. The number of aromatic nitrogens is 1. The van der Waals surface area contributed by atoms with Crippen molar-refractivity contribution in [1.82, 2.24) is 4.98 Å². The van der Waals surface area contributed by atoms with E-state index in [2.05, 4.69) is 200 Å². The van der Waals surface area contributed by atoms with Crippen LogP contribution in [0.1, 0.15) is 0 Å². The molecule has 11 aromatic rings. The third-order valence-electron chi connectivity index (χ3n) is 11.0. The first kappa shape index (κ1) is 31.6. The minimum absolute atomic E-state index is 0.977. The molecule has 0 N–H and O–H groups in total. The molecule has 0 radical (unpaired) electrons. The van der Waals surface area contributed by atoms with E-state index in [0.717, 1.165) is 16.8 Å². The average molecular weight is 716 g/mol. The van der Waals surface area contributed by atoms with Crippen molar-refractivity contribution in [3.05, 3.63) is 200 Å². The number of thiophene rings is 1. The van der Waals surface area contributed by atoms with Gasteiger partial charge in [-0.1, -0.05) is 164 Å². The van der Waals surface area contributed by atoms with Crippen molar-refractivity contribution < 1.29 is 0 Å². The summed E-state index contributed by atoms with van der Waals surface area (Å²) in [5.74, 6) is 0. The molecule has 0 atom stereocenters. The Bertz CT molecular complexity index is 3180. The van der Waals surface area contributed by atoms with Gasteiger partial charge in [-0.15, -0.1) is 11.3 Å². The first-order chi connectivity index (χ1) is 27.3. The Kier molecular flexibility index (Phi) is 7.43. The highest BCUT2D eigenvalue weighted by Crippen LogP contribution is 2.47. The number of benzene rings is 9. The van der Waals surface area contributed by atoms with Gasteiger partial charge in [0.05, 0.1) is 11.2 Å². The van der Waals surface area contributed by atoms with Gasteiger partial charge < -0.3 is 0 Å². The van der Waals surface area contributed by atoms with E-state index in [1.807, 2.05) is 11.3 Å². The van der Waals surface area contributed by atoms with E-state index in [0.29, 0.717) is 0 Å². The van der Waals surface area contributed by atoms with Crippen LogP contribution in [0.25, 0.3) is 108 Å². The fraction of sp³-hybridized carbons (Fsp3) is 0. The fourth-order valence-corrected chi connectivity index (χ4v) is 9.70. The highest BCUT2D eigenvalue weighted by atomic mass is 32.1. The van der Waals surface area contributed by atoms with Crippen molar-refractivity contribution >= 4 is 64.0 Å². The molecule has 0 amide bonds. The van der Waals surface area contributed by atoms with Gasteiger partial charge in [-0.05, 0) is 85.9 Å². The molecule has 55 heavy (non-hydrogen) atoms. The molecule has 0 aliphatic rings. The summed E-state index contributed by atoms with van der Waals surface area (Å²) in [7, 11) is 0. The summed E-state index contributed by atoms with van der Waals surface area (Å²) in [4.78, 5) is 5.33. The smallest absolute Gasteiger partial charge is 0.0794 e. The molecule has 0 aliphatic carbocycles. The monoisotopic (exact) mass is 715 g/mol. The van der Waals surface area contributed by atoms with Crippen molar-refractivity contribution in [3.8, 4) is 55.8 Å². The molecule has 0 bridgehead atoms. The molecule has 256 valence electrons. The predicted octanol–water partition coefficient (Wildman–Crippen LogP) is 15.2. The van der Waals surface area contributed by atoms with Gasteiger partial charge in [0.15, 0.2) is 0 Å². The van der Waals surface area contributed by atoms with Crippen LogP contribution in [0.15, 0.2) is 200 Å². The number of hydrogen-bond donors (Lipinski definition) is 0. The molecule has 1 nitrogen and oxygen atoms in total. The predicted molar refractivity (Wildman–Crippen MR) is 237 cm³/mol. The molecule has 0 unspecified atom stereocenters. The Hall–Kier alpha value is -6.87. The Labute approximate surface area is 323 Å². The second-order valence-corrected chi connectivity index (χ2v) is 15.3. The highest BCUT2D eigenvalue weighted by molar-refractivity contribution is 7.27. The standard InChI is InChI=1S/C53H33NS/c1-4-14-34(15-5-1)39-30-46(36-18-8-3-9-19-36)52-48(32-39)49-33-40(35-16-6-2-7-17-35)31-47(53(49)55-52)37-24-26-38(27-25-37)50-29-28-45-43-22-11-10-20-41(43)42-21-12-13-23-44(42)51(45)54-50/h1-33H. The summed E-state index contributed by atoms with van der Waals surface area (Å²) >= 11 is 1.90. The van der Waals surface area contributed by atoms with Crippen molar-refractivity contribution in [1.29, 1.82) is 0 Å². The topological polar surface area (TPSA) is 12.9 Å². The molecule has 0 saturated carbocycles. The first-order valence-electron chi connectivity index (χ1n) is 18.8. The van der Waals surface area contributed by atoms with Gasteiger partial charge in [0.2, 0.25) is 0 Å². The van der Waals surface area contributed by atoms with Crippen molar-refractivity contribution in [3.63, 3.8) is 0 Å². The van der Waals surface area contributed by atoms with Crippen LogP contribution >= 0.6 is 11.3 Å². The van der Waals surface area contributed by atoms with Gasteiger partial charge >= 0.3 is 0 Å². The van der Waals surface area contributed by atoms with Gasteiger partial charge in [-0.3, -0.25) is 0 Å². The zero-order valence-corrected chi connectivity index (χ0v) is 30.7. The maximum Gasteiger partial charge on any atom is 0.0794 e. The summed E-state index contributed by atoms with van der Waals surface area (Å²) in [5.41, 5.74) is 12.9. The summed E-state index contributed by atoms with van der Waals surface area (Å²) < 4.78 is 2.61. The van der Waals surface area contributed by atoms with Crippen LogP contribution in [0.4, 0.5) is 0 Å². The molecule has 11 rings (SSSR count). The summed E-state index contributed by atoms with van der Waals surface area (Å²) in [6.45, 7) is 0. The van der Waals surface area contributed by atoms with Gasteiger partial charge in [0, 0.05) is 47.6 Å². The fourth-order valence-electron chi connectivity index (χ4n) is 8.36. The van der Waals surface area contributed by atoms with E-state index < -0.39 is 0 Å². The quantitative estimate of drug-likeness (QED) is 0.162. The first-order valence-corrected chi connectivity index (χ1v) is 19.6. The second-order valence-electron chi connectivity index (χ2n) is 14.3. The van der Waals surface area contributed by atoms with Gasteiger partial charge in [-0.25, -0.2) is 4.98 Å². The van der Waals surface area contributed by atoms with Crippen molar-refractivity contribution in [2.45, 2.75) is 0 Å². The van der Waals surface area contributed by atoms with E-state index in [-0.39, 0.29) is 0 Å². The number of hydrogen-bond acceptors (Lipinski definition) is 2. The number of nitrogens with zero attached hydrogens (tertiary/aromatic N) is 1. The maximum atomic E-state index is 5.33. The summed E-state index contributed by atoms with van der Waals surface area (Å²) in [6.07, 6.45) is 0. The number of fused-ring (bicyclic) bond motifs is 9. The minimum atomic E-state index is 0.977. The lowest BCUT2D eigenvalue weighted by Gasteiger charge is -2.12. The lowest BCUT2D eigenvalue weighted by atomic mass is 9.93. The molecule has 2 heteroatoms. The van der Waals surface area contributed by atoms with E-state index in [9.17, 15) is 0 Å². The van der Waals surface area contributed by atoms with Crippen molar-refractivity contribution in [2.75, 3.05) is 0 Å². The van der Waals surface area contributed by atoms with Crippen LogP contribution in [0.3, 0.4) is 0 Å². The number of pyridine rings is 1. The Morgan fingerprint density at radius 3 is 1.20 bits per heavy atom. The van der Waals surface area contributed by atoms with E-state index in [4.69, 9.17) is 4.98 Å². The Balaban J connectivity index is 1.11. The van der Waals surface area contributed by atoms with Crippen molar-refractivity contribution in [2.24, 2.45) is 0 Å². The third-order valence-corrected chi connectivity index (χ3v) is 12.3. The van der Waals surface area contributed by atoms with E-state index >= 15 is 0 Å². The van der Waals surface area contributed by atoms with Crippen LogP contribution in [-0.4, -0.2) is 4.98 Å². The molecular formula is C53H33NS. The Morgan fingerprint density at radius 2 is 0.673 bits per heavy atom. The van der Waals surface area contributed by atoms with Gasteiger partial charge in [0.1, 0.15) is 0 Å². The minimum Gasteiger partial charge on any atom is -0.247 e. The average Bonchev–Trinajstić information content (AvgIpc) is 3.65. The molecule has 0 saturated heterocycles. The molecular weight excluding hydrogens is 683 g/mol. The van der Waals surface area contributed by atoms with Crippen LogP contribution in [-0.2, 0) is 0 Å². The lowest BCUT2D eigenvalue weighted by molar-refractivity contribution is 1.41. The summed E-state index contributed by atoms with van der Waals surface area (Å²) in [6, 6.07) is 72.7. The zero-order chi connectivity index (χ0) is 36.3. The normalized spacial score (nSPS) is 11.6. The lowest BCUT2D eigenvalue weighted by Crippen LogP contribution is -1.89. The zero-order valence-electron chi connectivity index (χ0n) is 29.9. The van der Waals surface area contributed by atoms with Crippen LogP contribution in [0, 0.1) is 0 Å². The SMILES string of the molecule is c1ccc(-c2cc(-c3ccccc3)c3sc4c(-c5ccc(-c6ccc7c8ccccc8c8ccccc8c7n6)cc5)cc(-c5ccccc5)cc4c3c2)cc1. The third kappa shape index (κ3) is 5.34. The Morgan fingerprint density at radius 1 is 0.273 bits per heavy atom. The largest absolute Gasteiger partial charge is 0.247 e.